The molecule has 116 valence electrons. The monoisotopic (exact) mass is 306 g/mol. The summed E-state index contributed by atoms with van der Waals surface area (Å²) in [4.78, 5) is 12.1. The van der Waals surface area contributed by atoms with Crippen molar-refractivity contribution < 1.29 is 4.79 Å². The maximum atomic E-state index is 12.1. The van der Waals surface area contributed by atoms with Crippen molar-refractivity contribution in [3.63, 3.8) is 0 Å². The number of para-hydroxylation sites is 2. The van der Waals surface area contributed by atoms with Crippen LogP contribution in [-0.4, -0.2) is 16.7 Å². The molecule has 0 radical (unpaired) electrons. The topological polar surface area (TPSA) is 72.4 Å². The van der Waals surface area contributed by atoms with Crippen molar-refractivity contribution in [1.82, 2.24) is 9.99 Å². The summed E-state index contributed by atoms with van der Waals surface area (Å²) < 4.78 is 2.10. The maximum Gasteiger partial charge on any atom is 0.273 e. The Morgan fingerprint density at radius 2 is 1.87 bits per heavy atom. The van der Waals surface area contributed by atoms with E-state index >= 15 is 0 Å². The quantitative estimate of drug-likeness (QED) is 0.444. The summed E-state index contributed by atoms with van der Waals surface area (Å²) in [6.45, 7) is 2.03. The van der Waals surface area contributed by atoms with Gasteiger partial charge in [-0.25, -0.2) is 5.43 Å². The first kappa shape index (κ1) is 14.8. The van der Waals surface area contributed by atoms with Gasteiger partial charge >= 0.3 is 0 Å². The van der Waals surface area contributed by atoms with Crippen LogP contribution in [-0.2, 0) is 7.05 Å². The number of benzene rings is 2. The summed E-state index contributed by atoms with van der Waals surface area (Å²) in [5, 5.41) is 5.19. The molecule has 2 aromatic carbocycles. The Bertz CT molecular complexity index is 909. The van der Waals surface area contributed by atoms with Crippen molar-refractivity contribution >= 4 is 28.7 Å². The molecule has 0 saturated heterocycles. The zero-order chi connectivity index (χ0) is 16.4. The molecule has 3 aromatic rings. The first-order chi connectivity index (χ1) is 11.1. The predicted octanol–water partition coefficient (Wildman–Crippen LogP) is 2.83. The van der Waals surface area contributed by atoms with Crippen molar-refractivity contribution in [1.29, 1.82) is 0 Å². The third-order valence-electron chi connectivity index (χ3n) is 4.01. The van der Waals surface area contributed by atoms with E-state index in [0.717, 1.165) is 22.2 Å². The average molecular weight is 306 g/mol. The summed E-state index contributed by atoms with van der Waals surface area (Å²) >= 11 is 0. The molecule has 0 atom stereocenters. The number of hydrogen-bond donors (Lipinski definition) is 2. The number of carbonyl (C=O) groups is 1. The Balaban J connectivity index is 1.86. The Morgan fingerprint density at radius 1 is 1.17 bits per heavy atom. The number of nitrogens with one attached hydrogen (secondary N) is 1. The van der Waals surface area contributed by atoms with E-state index in [4.69, 9.17) is 5.73 Å². The SMILES string of the molecule is Cc1c(/C=N\NC(=O)c2ccccc2N)c2ccccc2n1C. The second-order valence-corrected chi connectivity index (χ2v) is 5.36. The Morgan fingerprint density at radius 3 is 2.65 bits per heavy atom. The first-order valence-corrected chi connectivity index (χ1v) is 7.31. The van der Waals surface area contributed by atoms with Gasteiger partial charge in [0.2, 0.25) is 0 Å². The van der Waals surface area contributed by atoms with Crippen molar-refractivity contribution in [2.75, 3.05) is 5.73 Å². The third kappa shape index (κ3) is 2.68. The van der Waals surface area contributed by atoms with Crippen LogP contribution in [0, 0.1) is 6.92 Å². The molecule has 1 heterocycles. The minimum atomic E-state index is -0.322. The second-order valence-electron chi connectivity index (χ2n) is 5.36. The van der Waals surface area contributed by atoms with Gasteiger partial charge in [-0.05, 0) is 25.1 Å². The van der Waals surface area contributed by atoms with Crippen LogP contribution in [0.2, 0.25) is 0 Å². The molecule has 0 unspecified atom stereocenters. The average Bonchev–Trinajstić information content (AvgIpc) is 2.80. The molecule has 0 aliphatic heterocycles. The largest absolute Gasteiger partial charge is 0.398 e. The van der Waals surface area contributed by atoms with Crippen LogP contribution in [0.15, 0.2) is 53.6 Å². The van der Waals surface area contributed by atoms with E-state index in [1.807, 2.05) is 32.2 Å². The molecule has 1 aromatic heterocycles. The summed E-state index contributed by atoms with van der Waals surface area (Å²) in [5.74, 6) is -0.322. The highest BCUT2D eigenvalue weighted by Gasteiger charge is 2.10. The number of aryl methyl sites for hydroxylation is 1. The van der Waals surface area contributed by atoms with Gasteiger partial charge in [0, 0.05) is 34.9 Å². The molecule has 5 nitrogen and oxygen atoms in total. The Labute approximate surface area is 134 Å². The van der Waals surface area contributed by atoms with E-state index < -0.39 is 0 Å². The molecule has 0 aliphatic rings. The number of carbonyl (C=O) groups excluding carboxylic acids is 1. The number of nitrogens with zero attached hydrogens (tertiary/aromatic N) is 2. The molecule has 0 fully saturated rings. The molecule has 0 aliphatic carbocycles. The molecular formula is C18H18N4O. The molecular weight excluding hydrogens is 288 g/mol. The molecule has 0 spiro atoms. The van der Waals surface area contributed by atoms with Gasteiger partial charge in [-0.2, -0.15) is 5.10 Å². The zero-order valence-electron chi connectivity index (χ0n) is 13.1. The molecule has 1 amide bonds. The molecule has 3 N–H and O–H groups in total. The Hall–Kier alpha value is -3.08. The smallest absolute Gasteiger partial charge is 0.273 e. The van der Waals surface area contributed by atoms with Crippen LogP contribution in [0.3, 0.4) is 0 Å². The predicted molar refractivity (Wildman–Crippen MR) is 93.6 cm³/mol. The van der Waals surface area contributed by atoms with Crippen molar-refractivity contribution in [3.05, 3.63) is 65.4 Å². The van der Waals surface area contributed by atoms with Gasteiger partial charge < -0.3 is 10.3 Å². The number of hydrogen-bond acceptors (Lipinski definition) is 3. The summed E-state index contributed by atoms with van der Waals surface area (Å²) in [7, 11) is 2.01. The summed E-state index contributed by atoms with van der Waals surface area (Å²) in [6, 6.07) is 15.0. The maximum absolute atomic E-state index is 12.1. The fraction of sp³-hybridized carbons (Fsp3) is 0.111. The minimum Gasteiger partial charge on any atom is -0.398 e. The highest BCUT2D eigenvalue weighted by Crippen LogP contribution is 2.23. The van der Waals surface area contributed by atoms with Gasteiger partial charge in [0.15, 0.2) is 0 Å². The van der Waals surface area contributed by atoms with Crippen LogP contribution in [0.25, 0.3) is 10.9 Å². The van der Waals surface area contributed by atoms with Crippen LogP contribution < -0.4 is 11.2 Å². The lowest BCUT2D eigenvalue weighted by atomic mass is 10.1. The standard InChI is InChI=1S/C18H18N4O/c1-12-15(13-7-4-6-10-17(13)22(12)2)11-20-21-18(23)14-8-3-5-9-16(14)19/h3-11H,19H2,1-2H3,(H,21,23)/b20-11-. The van der Waals surface area contributed by atoms with Crippen LogP contribution in [0.5, 0.6) is 0 Å². The fourth-order valence-electron chi connectivity index (χ4n) is 2.63. The Kier molecular flexibility index (Phi) is 3.85. The first-order valence-electron chi connectivity index (χ1n) is 7.31. The summed E-state index contributed by atoms with van der Waals surface area (Å²) in [6.07, 6.45) is 1.68. The van der Waals surface area contributed by atoms with Crippen LogP contribution >= 0.6 is 0 Å². The lowest BCUT2D eigenvalue weighted by Crippen LogP contribution is -2.19. The van der Waals surface area contributed by atoms with E-state index in [2.05, 4.69) is 21.2 Å². The van der Waals surface area contributed by atoms with Gasteiger partial charge in [0.25, 0.3) is 5.91 Å². The van der Waals surface area contributed by atoms with Crippen molar-refractivity contribution in [2.24, 2.45) is 12.1 Å². The van der Waals surface area contributed by atoms with Crippen LogP contribution in [0.4, 0.5) is 5.69 Å². The molecule has 3 rings (SSSR count). The third-order valence-corrected chi connectivity index (χ3v) is 4.01. The zero-order valence-corrected chi connectivity index (χ0v) is 13.1. The summed E-state index contributed by atoms with van der Waals surface area (Å²) in [5.41, 5.74) is 12.4. The van der Waals surface area contributed by atoms with Crippen molar-refractivity contribution in [2.45, 2.75) is 6.92 Å². The lowest BCUT2D eigenvalue weighted by Gasteiger charge is -2.03. The molecule has 0 saturated carbocycles. The van der Waals surface area contributed by atoms with Gasteiger partial charge in [-0.15, -0.1) is 0 Å². The number of hydrazone groups is 1. The molecule has 23 heavy (non-hydrogen) atoms. The molecule has 0 bridgehead atoms. The van der Waals surface area contributed by atoms with Crippen LogP contribution in [0.1, 0.15) is 21.6 Å². The number of nitrogens with two attached hydrogens (primary N) is 1. The molecule has 5 heteroatoms. The number of aromatic nitrogens is 1. The van der Waals surface area contributed by atoms with Gasteiger partial charge in [-0.3, -0.25) is 4.79 Å². The number of nitrogen functional groups attached to an aromatic ring is 1. The normalized spacial score (nSPS) is 11.2. The van der Waals surface area contributed by atoms with E-state index in [0.29, 0.717) is 11.3 Å². The van der Waals surface area contributed by atoms with Crippen molar-refractivity contribution in [3.8, 4) is 0 Å². The van der Waals surface area contributed by atoms with E-state index in [1.165, 1.54) is 0 Å². The minimum absolute atomic E-state index is 0.322. The lowest BCUT2D eigenvalue weighted by molar-refractivity contribution is 0.0956. The number of rotatable bonds is 3. The van der Waals surface area contributed by atoms with E-state index in [9.17, 15) is 4.79 Å². The highest BCUT2D eigenvalue weighted by atomic mass is 16.2. The number of fused-ring (bicyclic) bond motifs is 1. The van der Waals surface area contributed by atoms with E-state index in [1.54, 1.807) is 30.5 Å². The van der Waals surface area contributed by atoms with Gasteiger partial charge in [0.05, 0.1) is 11.8 Å². The van der Waals surface area contributed by atoms with E-state index in [-0.39, 0.29) is 5.91 Å². The number of anilines is 1. The van der Waals surface area contributed by atoms with Gasteiger partial charge in [0.1, 0.15) is 0 Å². The fourth-order valence-corrected chi connectivity index (χ4v) is 2.63. The highest BCUT2D eigenvalue weighted by molar-refractivity contribution is 6.02. The second kappa shape index (κ2) is 5.96. The van der Waals surface area contributed by atoms with Gasteiger partial charge in [-0.1, -0.05) is 30.3 Å². The number of amides is 1.